The summed E-state index contributed by atoms with van der Waals surface area (Å²) in [5, 5.41) is -0.552. The third-order valence-corrected chi connectivity index (χ3v) is 6.55. The van der Waals surface area contributed by atoms with Crippen LogP contribution in [0.25, 0.3) is 22.3 Å². The van der Waals surface area contributed by atoms with Gasteiger partial charge < -0.3 is 14.5 Å². The number of fused-ring (bicyclic) bond motifs is 1. The van der Waals surface area contributed by atoms with Crippen LogP contribution in [0.1, 0.15) is 39.0 Å². The van der Waals surface area contributed by atoms with Crippen LogP contribution in [0.2, 0.25) is 5.15 Å². The molecule has 9 nitrogen and oxygen atoms in total. The smallest absolute Gasteiger partial charge is 0.417 e. The Morgan fingerprint density at radius 2 is 1.88 bits per heavy atom. The summed E-state index contributed by atoms with van der Waals surface area (Å²) in [6, 6.07) is 2.05. The molecule has 1 unspecified atom stereocenters. The summed E-state index contributed by atoms with van der Waals surface area (Å²) in [4.78, 5) is 41.4. The molecule has 1 atom stereocenters. The van der Waals surface area contributed by atoms with Crippen LogP contribution in [-0.2, 0) is 4.74 Å². The molecule has 0 bridgehead atoms. The number of aryl methyl sites for hydroxylation is 1. The topological polar surface area (TPSA) is 93.5 Å². The van der Waals surface area contributed by atoms with Gasteiger partial charge in [0.05, 0.1) is 22.3 Å². The van der Waals surface area contributed by atoms with Crippen molar-refractivity contribution in [2.24, 2.45) is 0 Å². The molecule has 4 heterocycles. The molecule has 4 rings (SSSR count). The summed E-state index contributed by atoms with van der Waals surface area (Å²) in [6.07, 6.45) is -4.19. The molecule has 0 aromatic carbocycles. The zero-order chi connectivity index (χ0) is 29.7. The van der Waals surface area contributed by atoms with Crippen molar-refractivity contribution in [3.63, 3.8) is 0 Å². The van der Waals surface area contributed by atoms with Gasteiger partial charge in [-0.2, -0.15) is 18.2 Å². The van der Waals surface area contributed by atoms with E-state index in [2.05, 4.69) is 21.5 Å². The summed E-state index contributed by atoms with van der Waals surface area (Å²) >= 11 is 5.98. The molecular formula is C26H27ClF4N6O3. The van der Waals surface area contributed by atoms with Crippen LogP contribution in [0.3, 0.4) is 0 Å². The first-order valence-electron chi connectivity index (χ1n) is 12.3. The third-order valence-electron chi connectivity index (χ3n) is 6.29. The van der Waals surface area contributed by atoms with Crippen molar-refractivity contribution in [1.82, 2.24) is 24.4 Å². The minimum absolute atomic E-state index is 0.0332. The number of anilines is 1. The molecule has 3 aromatic rings. The van der Waals surface area contributed by atoms with Gasteiger partial charge in [-0.1, -0.05) is 18.2 Å². The van der Waals surface area contributed by atoms with Gasteiger partial charge in [0.1, 0.15) is 11.4 Å². The Hall–Kier alpha value is -3.74. The molecule has 214 valence electrons. The first kappa shape index (κ1) is 29.2. The van der Waals surface area contributed by atoms with Gasteiger partial charge >= 0.3 is 18.0 Å². The van der Waals surface area contributed by atoms with Crippen molar-refractivity contribution in [2.45, 2.75) is 52.4 Å². The van der Waals surface area contributed by atoms with E-state index in [1.54, 1.807) is 32.6 Å². The zero-order valence-corrected chi connectivity index (χ0v) is 23.2. The van der Waals surface area contributed by atoms with Gasteiger partial charge in [-0.05, 0) is 52.3 Å². The van der Waals surface area contributed by atoms with Crippen LogP contribution in [-0.4, -0.2) is 68.0 Å². The van der Waals surface area contributed by atoms with Crippen LogP contribution >= 0.6 is 11.6 Å². The first-order valence-corrected chi connectivity index (χ1v) is 12.6. The number of halogens is 5. The number of alkyl halides is 3. The Bertz CT molecular complexity index is 1570. The fourth-order valence-corrected chi connectivity index (χ4v) is 4.59. The number of hydrogen-bond donors (Lipinski definition) is 0. The Morgan fingerprint density at radius 1 is 1.20 bits per heavy atom. The van der Waals surface area contributed by atoms with E-state index in [1.165, 1.54) is 17.9 Å². The van der Waals surface area contributed by atoms with Crippen LogP contribution < -0.4 is 10.6 Å². The number of carbonyl (C=O) groups is 1. The fourth-order valence-electron chi connectivity index (χ4n) is 4.46. The normalized spacial score (nSPS) is 16.4. The van der Waals surface area contributed by atoms with Gasteiger partial charge in [-0.3, -0.25) is 4.98 Å². The minimum Gasteiger partial charge on any atom is -0.444 e. The summed E-state index contributed by atoms with van der Waals surface area (Å²) < 4.78 is 62.0. The van der Waals surface area contributed by atoms with Crippen LogP contribution in [0.4, 0.5) is 28.2 Å². The maximum atomic E-state index is 14.7. The van der Waals surface area contributed by atoms with Gasteiger partial charge in [-0.15, -0.1) is 0 Å². The maximum absolute atomic E-state index is 14.7. The monoisotopic (exact) mass is 582 g/mol. The van der Waals surface area contributed by atoms with E-state index in [9.17, 15) is 27.2 Å². The highest BCUT2D eigenvalue weighted by Crippen LogP contribution is 2.36. The Morgan fingerprint density at radius 3 is 2.48 bits per heavy atom. The lowest BCUT2D eigenvalue weighted by Crippen LogP contribution is -2.55. The molecule has 1 amide bonds. The lowest BCUT2D eigenvalue weighted by molar-refractivity contribution is -0.0689. The molecule has 3 aromatic heterocycles. The number of rotatable bonds is 3. The first-order chi connectivity index (χ1) is 18.5. The predicted octanol–water partition coefficient (Wildman–Crippen LogP) is 5.30. The Kier molecular flexibility index (Phi) is 7.56. The molecule has 0 aliphatic carbocycles. The van der Waals surface area contributed by atoms with Crippen molar-refractivity contribution in [1.29, 1.82) is 0 Å². The average molecular weight is 583 g/mol. The maximum Gasteiger partial charge on any atom is 0.417 e. The lowest BCUT2D eigenvalue weighted by atomic mass is 10.1. The van der Waals surface area contributed by atoms with Gasteiger partial charge in [0, 0.05) is 31.9 Å². The number of ether oxygens (including phenoxy) is 1. The molecule has 1 fully saturated rings. The van der Waals surface area contributed by atoms with E-state index in [1.807, 2.05) is 0 Å². The Balaban J connectivity index is 1.88. The summed E-state index contributed by atoms with van der Waals surface area (Å²) in [5.74, 6) is -0.862. The second-order valence-electron chi connectivity index (χ2n) is 10.5. The quantitative estimate of drug-likeness (QED) is 0.306. The van der Waals surface area contributed by atoms with Crippen molar-refractivity contribution in [3.8, 4) is 5.69 Å². The molecule has 40 heavy (non-hydrogen) atoms. The summed E-state index contributed by atoms with van der Waals surface area (Å²) in [7, 11) is 0. The highest BCUT2D eigenvalue weighted by molar-refractivity contribution is 6.30. The molecule has 14 heteroatoms. The summed E-state index contributed by atoms with van der Waals surface area (Å²) in [6.45, 7) is 12.3. The summed E-state index contributed by atoms with van der Waals surface area (Å²) in [5.41, 5.74) is -3.78. The molecule has 0 spiro atoms. The molecule has 1 aliphatic rings. The average Bonchev–Trinajstić information content (AvgIpc) is 2.83. The van der Waals surface area contributed by atoms with E-state index in [-0.39, 0.29) is 47.7 Å². The van der Waals surface area contributed by atoms with Crippen LogP contribution in [0, 0.1) is 12.7 Å². The van der Waals surface area contributed by atoms with Gasteiger partial charge in [0.15, 0.2) is 16.6 Å². The highest BCUT2D eigenvalue weighted by atomic mass is 35.5. The molecule has 1 saturated heterocycles. The van der Waals surface area contributed by atoms with E-state index in [4.69, 9.17) is 16.3 Å². The molecular weight excluding hydrogens is 556 g/mol. The van der Waals surface area contributed by atoms with E-state index in [0.29, 0.717) is 0 Å². The molecule has 0 radical (unpaired) electrons. The van der Waals surface area contributed by atoms with Crippen LogP contribution in [0.15, 0.2) is 29.7 Å². The number of aromatic nitrogens is 4. The number of allylic oxidation sites excluding steroid dienone is 1. The number of pyridine rings is 2. The third kappa shape index (κ3) is 5.60. The van der Waals surface area contributed by atoms with E-state index < -0.39 is 51.8 Å². The zero-order valence-electron chi connectivity index (χ0n) is 22.4. The van der Waals surface area contributed by atoms with Gasteiger partial charge in [0.2, 0.25) is 0 Å². The van der Waals surface area contributed by atoms with Crippen molar-refractivity contribution >= 4 is 40.1 Å². The van der Waals surface area contributed by atoms with Crippen molar-refractivity contribution < 1.29 is 27.1 Å². The standard InChI is InChI=1S/C26H27ClF4N6O3/c1-13-7-8-32-18(15(3)26(29,30)31)19(13)37-22-16(11-17(28)20(27)33-22)21(34-23(37)38)36-10-9-35(12-14(36)2)24(39)40-25(4,5)6/h7-8,11,14H,3,9-10,12H2,1-2,4-6H3. The second kappa shape index (κ2) is 10.3. The van der Waals surface area contributed by atoms with Gasteiger partial charge in [0.25, 0.3) is 0 Å². The van der Waals surface area contributed by atoms with Crippen LogP contribution in [0.5, 0.6) is 0 Å². The number of hydrogen-bond acceptors (Lipinski definition) is 7. The number of amides is 1. The van der Waals surface area contributed by atoms with Gasteiger partial charge in [-0.25, -0.2) is 23.5 Å². The predicted molar refractivity (Wildman–Crippen MR) is 142 cm³/mol. The minimum atomic E-state index is -4.84. The van der Waals surface area contributed by atoms with E-state index in [0.717, 1.165) is 16.8 Å². The second-order valence-corrected chi connectivity index (χ2v) is 10.8. The number of piperazine rings is 1. The SMILES string of the molecule is C=C(c1nccc(C)c1-n1c(=O)nc(N2CCN(C(=O)OC(C)(C)C)CC2C)c2cc(F)c(Cl)nc21)C(F)(F)F. The number of carbonyl (C=O) groups excluding carboxylic acids is 1. The highest BCUT2D eigenvalue weighted by Gasteiger charge is 2.37. The van der Waals surface area contributed by atoms with Crippen molar-refractivity contribution in [3.05, 3.63) is 57.6 Å². The molecule has 1 aliphatic heterocycles. The molecule has 0 saturated carbocycles. The fraction of sp³-hybridized carbons (Fsp3) is 0.423. The number of nitrogens with zero attached hydrogens (tertiary/aromatic N) is 6. The molecule has 0 N–H and O–H groups in total. The Labute approximate surface area is 232 Å². The van der Waals surface area contributed by atoms with Crippen molar-refractivity contribution in [2.75, 3.05) is 24.5 Å². The lowest BCUT2D eigenvalue weighted by Gasteiger charge is -2.41. The largest absolute Gasteiger partial charge is 0.444 e. The van der Waals surface area contributed by atoms with E-state index >= 15 is 0 Å².